The first-order chi connectivity index (χ1) is 10.1. The van der Waals surface area contributed by atoms with E-state index in [1.54, 1.807) is 0 Å². The van der Waals surface area contributed by atoms with Gasteiger partial charge in [0.15, 0.2) is 5.69 Å². The third kappa shape index (κ3) is 5.43. The molecule has 0 bridgehead atoms. The number of amides is 1. The molecule has 0 aromatic carbocycles. The largest absolute Gasteiger partial charge is 0.476 e. The van der Waals surface area contributed by atoms with Gasteiger partial charge in [-0.15, -0.1) is 11.3 Å². The molecule has 1 amide bonds. The molecule has 1 aliphatic rings. The minimum Gasteiger partial charge on any atom is -0.476 e. The highest BCUT2D eigenvalue weighted by Crippen LogP contribution is 2.15. The van der Waals surface area contributed by atoms with Crippen LogP contribution in [0.4, 0.5) is 0 Å². The zero-order valence-corrected chi connectivity index (χ0v) is 12.7. The molecule has 2 rings (SSSR count). The van der Waals surface area contributed by atoms with Crippen molar-refractivity contribution in [3.8, 4) is 0 Å². The number of hydrogen-bond donors (Lipinski definition) is 3. The molecule has 7 heteroatoms. The molecular weight excluding hydrogens is 290 g/mol. The Balaban J connectivity index is 1.61. The summed E-state index contributed by atoms with van der Waals surface area (Å²) in [6.45, 7) is 2.62. The van der Waals surface area contributed by atoms with E-state index in [9.17, 15) is 9.59 Å². The van der Waals surface area contributed by atoms with E-state index in [0.29, 0.717) is 25.3 Å². The van der Waals surface area contributed by atoms with Gasteiger partial charge in [-0.3, -0.25) is 4.79 Å². The lowest BCUT2D eigenvalue weighted by molar-refractivity contribution is -0.121. The van der Waals surface area contributed by atoms with E-state index < -0.39 is 5.97 Å². The van der Waals surface area contributed by atoms with Crippen LogP contribution in [0.25, 0.3) is 0 Å². The summed E-state index contributed by atoms with van der Waals surface area (Å²) >= 11 is 1.31. The number of carboxylic acids is 1. The number of hydrogen-bond acceptors (Lipinski definition) is 5. The minimum absolute atomic E-state index is 0.0654. The van der Waals surface area contributed by atoms with Crippen LogP contribution >= 0.6 is 11.3 Å². The minimum atomic E-state index is -1.01. The molecule has 6 nitrogen and oxygen atoms in total. The lowest BCUT2D eigenvalue weighted by atomic mass is 9.94. The number of thiazole rings is 1. The molecule has 3 N–H and O–H groups in total. The van der Waals surface area contributed by atoms with Crippen LogP contribution in [0.3, 0.4) is 0 Å². The normalized spacial score (nSPS) is 18.4. The molecule has 1 fully saturated rings. The zero-order chi connectivity index (χ0) is 15.1. The lowest BCUT2D eigenvalue weighted by Gasteiger charge is -2.22. The van der Waals surface area contributed by atoms with Crippen LogP contribution in [-0.2, 0) is 11.2 Å². The average Bonchev–Trinajstić information content (AvgIpc) is 2.95. The predicted molar refractivity (Wildman–Crippen MR) is 80.6 cm³/mol. The molecule has 0 spiro atoms. The number of nitrogens with zero attached hydrogens (tertiary/aromatic N) is 1. The van der Waals surface area contributed by atoms with Gasteiger partial charge in [-0.1, -0.05) is 0 Å². The van der Waals surface area contributed by atoms with Gasteiger partial charge in [0.25, 0.3) is 0 Å². The second-order valence-electron chi connectivity index (χ2n) is 5.28. The van der Waals surface area contributed by atoms with Crippen molar-refractivity contribution >= 4 is 23.2 Å². The molecule has 21 heavy (non-hydrogen) atoms. The lowest BCUT2D eigenvalue weighted by Crippen LogP contribution is -2.31. The van der Waals surface area contributed by atoms with Crippen LogP contribution < -0.4 is 10.6 Å². The van der Waals surface area contributed by atoms with Crippen molar-refractivity contribution in [2.45, 2.75) is 32.1 Å². The average molecular weight is 311 g/mol. The highest BCUT2D eigenvalue weighted by atomic mass is 32.1. The van der Waals surface area contributed by atoms with Gasteiger partial charge in [0.1, 0.15) is 0 Å². The van der Waals surface area contributed by atoms with Crippen molar-refractivity contribution in [2.75, 3.05) is 19.6 Å². The zero-order valence-electron chi connectivity index (χ0n) is 11.9. The standard InChI is InChI=1S/C14H21N3O3S/c18-12(4-3-10-2-1-6-15-8-10)16-7-5-13-17-11(9-21-13)14(19)20/h9-10,15H,1-8H2,(H,16,18)(H,19,20). The molecule has 1 atom stereocenters. The Morgan fingerprint density at radius 2 is 2.38 bits per heavy atom. The van der Waals surface area contributed by atoms with E-state index in [1.807, 2.05) is 0 Å². The van der Waals surface area contributed by atoms with Crippen molar-refractivity contribution in [1.29, 1.82) is 0 Å². The topological polar surface area (TPSA) is 91.3 Å². The first-order valence-electron chi connectivity index (χ1n) is 7.30. The number of piperidine rings is 1. The van der Waals surface area contributed by atoms with Crippen LogP contribution in [0, 0.1) is 5.92 Å². The Bertz CT molecular complexity index is 484. The molecule has 1 unspecified atom stereocenters. The summed E-state index contributed by atoms with van der Waals surface area (Å²) in [7, 11) is 0. The number of carboxylic acid groups (broad SMARTS) is 1. The third-order valence-corrected chi connectivity index (χ3v) is 4.52. The van der Waals surface area contributed by atoms with Crippen LogP contribution in [0.15, 0.2) is 5.38 Å². The molecule has 2 heterocycles. The third-order valence-electron chi connectivity index (χ3n) is 3.61. The van der Waals surface area contributed by atoms with E-state index in [2.05, 4.69) is 15.6 Å². The van der Waals surface area contributed by atoms with Crippen LogP contribution in [-0.4, -0.2) is 41.6 Å². The van der Waals surface area contributed by atoms with Gasteiger partial charge in [0, 0.05) is 24.8 Å². The van der Waals surface area contributed by atoms with Gasteiger partial charge in [-0.25, -0.2) is 9.78 Å². The molecule has 1 aliphatic heterocycles. The Hall–Kier alpha value is -1.47. The number of aromatic carboxylic acids is 1. The summed E-state index contributed by atoms with van der Waals surface area (Å²) in [5.74, 6) is -0.334. The maximum Gasteiger partial charge on any atom is 0.355 e. The molecule has 0 aliphatic carbocycles. The Morgan fingerprint density at radius 3 is 3.05 bits per heavy atom. The van der Waals surface area contributed by atoms with Gasteiger partial charge in [0.2, 0.25) is 5.91 Å². The molecule has 1 aromatic rings. The number of aromatic nitrogens is 1. The van der Waals surface area contributed by atoms with E-state index in [-0.39, 0.29) is 11.6 Å². The summed E-state index contributed by atoms with van der Waals surface area (Å²) in [5.41, 5.74) is 0.0751. The second kappa shape index (κ2) is 8.09. The van der Waals surface area contributed by atoms with Crippen LogP contribution in [0.1, 0.15) is 41.2 Å². The van der Waals surface area contributed by atoms with Gasteiger partial charge in [-0.05, 0) is 38.3 Å². The molecule has 1 aromatic heterocycles. The van der Waals surface area contributed by atoms with Gasteiger partial charge >= 0.3 is 5.97 Å². The molecule has 0 radical (unpaired) electrons. The van der Waals surface area contributed by atoms with Crippen LogP contribution in [0.2, 0.25) is 0 Å². The van der Waals surface area contributed by atoms with Gasteiger partial charge in [-0.2, -0.15) is 0 Å². The molecule has 0 saturated carbocycles. The molecule has 1 saturated heterocycles. The Morgan fingerprint density at radius 1 is 1.52 bits per heavy atom. The fourth-order valence-electron chi connectivity index (χ4n) is 2.43. The molecule has 116 valence electrons. The van der Waals surface area contributed by atoms with Crippen LogP contribution in [0.5, 0.6) is 0 Å². The summed E-state index contributed by atoms with van der Waals surface area (Å²) < 4.78 is 0. The summed E-state index contributed by atoms with van der Waals surface area (Å²) in [5, 5.41) is 17.3. The maximum absolute atomic E-state index is 11.7. The Kier molecular flexibility index (Phi) is 6.13. The van der Waals surface area contributed by atoms with E-state index in [1.165, 1.54) is 29.6 Å². The van der Waals surface area contributed by atoms with Crippen molar-refractivity contribution in [2.24, 2.45) is 5.92 Å². The SMILES string of the molecule is O=C(CCC1CCCNC1)NCCc1nc(C(=O)O)cs1. The fraction of sp³-hybridized carbons (Fsp3) is 0.643. The number of nitrogens with one attached hydrogen (secondary N) is 2. The van der Waals surface area contributed by atoms with Crippen molar-refractivity contribution in [3.05, 3.63) is 16.1 Å². The first-order valence-corrected chi connectivity index (χ1v) is 8.18. The van der Waals surface area contributed by atoms with Gasteiger partial charge < -0.3 is 15.7 Å². The number of carbonyl (C=O) groups is 2. The van der Waals surface area contributed by atoms with Gasteiger partial charge in [0.05, 0.1) is 5.01 Å². The van der Waals surface area contributed by atoms with Crippen molar-refractivity contribution < 1.29 is 14.7 Å². The van der Waals surface area contributed by atoms with E-state index in [0.717, 1.165) is 24.5 Å². The summed E-state index contributed by atoms with van der Waals surface area (Å²) in [4.78, 5) is 26.4. The first kappa shape index (κ1) is 15.9. The fourth-order valence-corrected chi connectivity index (χ4v) is 3.20. The quantitative estimate of drug-likeness (QED) is 0.705. The second-order valence-corrected chi connectivity index (χ2v) is 6.23. The highest BCUT2D eigenvalue weighted by Gasteiger charge is 2.14. The van der Waals surface area contributed by atoms with Crippen molar-refractivity contribution in [3.63, 3.8) is 0 Å². The monoisotopic (exact) mass is 311 g/mol. The summed E-state index contributed by atoms with van der Waals surface area (Å²) in [6.07, 6.45) is 4.47. The van der Waals surface area contributed by atoms with E-state index in [4.69, 9.17) is 5.11 Å². The predicted octanol–water partition coefficient (Wildman–Crippen LogP) is 1.28. The maximum atomic E-state index is 11.7. The number of carbonyl (C=O) groups excluding carboxylic acids is 1. The van der Waals surface area contributed by atoms with E-state index >= 15 is 0 Å². The molecular formula is C14H21N3O3S. The Labute approximate surface area is 128 Å². The smallest absolute Gasteiger partial charge is 0.355 e. The summed E-state index contributed by atoms with van der Waals surface area (Å²) in [6, 6.07) is 0. The highest BCUT2D eigenvalue weighted by molar-refractivity contribution is 7.09. The van der Waals surface area contributed by atoms with Crippen molar-refractivity contribution in [1.82, 2.24) is 15.6 Å². The number of rotatable bonds is 7.